The van der Waals surface area contributed by atoms with E-state index in [1.165, 1.54) is 12.1 Å². The lowest BCUT2D eigenvalue weighted by Crippen LogP contribution is -2.49. The number of aromatic amines is 1. The fourth-order valence-electron chi connectivity index (χ4n) is 8.29. The van der Waals surface area contributed by atoms with Gasteiger partial charge < -0.3 is 35.4 Å². The molecule has 0 saturated carbocycles. The minimum atomic E-state index is -0.555. The maximum atomic E-state index is 13.2. The highest BCUT2D eigenvalue weighted by atomic mass is 19.1. The number of H-pyrrole nitrogens is 1. The van der Waals surface area contributed by atoms with Crippen molar-refractivity contribution in [3.05, 3.63) is 113 Å². The molecule has 17 heteroatoms. The summed E-state index contributed by atoms with van der Waals surface area (Å²) in [6.45, 7) is 4.59. The molecule has 4 amide bonds. The van der Waals surface area contributed by atoms with Crippen LogP contribution in [0, 0.1) is 11.6 Å². The van der Waals surface area contributed by atoms with Gasteiger partial charge in [-0.25, -0.2) is 8.78 Å². The average molecular weight is 892 g/mol. The number of rotatable bonds is 15. The van der Waals surface area contributed by atoms with Gasteiger partial charge in [0.05, 0.1) is 31.6 Å². The number of fused-ring (bicyclic) bond motifs is 1. The van der Waals surface area contributed by atoms with Crippen molar-refractivity contribution < 1.29 is 37.5 Å². The molecule has 15 nitrogen and oxygen atoms in total. The SMILES string of the molecule is CNc1n[nH]c2ccc(Cc3cc(F)cc(F)c3)cc12.O=Cc1ccccc1NC1CCN(C(=O)CCOCCC(=O)N2CCN(c3ccc(NC4CCC(=O)NC4=O)cc3)CC2)CC1. The number of carbonyl (C=O) groups excluding carboxylic acids is 5. The normalized spacial score (nSPS) is 16.7. The molecule has 0 spiro atoms. The third kappa shape index (κ3) is 12.7. The first-order valence-corrected chi connectivity index (χ1v) is 22.0. The molecule has 1 aromatic heterocycles. The molecule has 4 aromatic carbocycles. The summed E-state index contributed by atoms with van der Waals surface area (Å²) in [5, 5.41) is 20.0. The monoisotopic (exact) mass is 891 g/mol. The molecule has 5 aromatic rings. The summed E-state index contributed by atoms with van der Waals surface area (Å²) >= 11 is 0. The standard InChI is InChI=1S/C33H42N6O6.C15H13F2N3/c40-23-24-3-1-2-4-28(24)34-26-11-15-38(16-12-26)31(42)13-21-45-22-14-32(43)39-19-17-37(18-20-39)27-7-5-25(6-8-27)35-29-9-10-30(41)36-33(29)44;1-18-15-13-7-9(2-3-14(13)19-20-15)4-10-5-11(16)8-12(17)6-10/h1-8,23,26,29,34-35H,9-22H2,(H,36,41,44);2-3,5-8H,4H2,1H3,(H2,18,19,20). The predicted octanol–water partition coefficient (Wildman–Crippen LogP) is 5.74. The van der Waals surface area contributed by atoms with E-state index in [0.29, 0.717) is 69.6 Å². The van der Waals surface area contributed by atoms with Crippen LogP contribution >= 0.6 is 0 Å². The number of nitrogens with zero attached hydrogens (tertiary/aromatic N) is 4. The van der Waals surface area contributed by atoms with Gasteiger partial charge in [-0.1, -0.05) is 18.2 Å². The van der Waals surface area contributed by atoms with E-state index in [4.69, 9.17) is 4.74 Å². The molecule has 0 bridgehead atoms. The van der Waals surface area contributed by atoms with E-state index in [2.05, 4.69) is 36.4 Å². The number of nitrogens with one attached hydrogen (secondary N) is 5. The van der Waals surface area contributed by atoms with Gasteiger partial charge in [0, 0.05) is 92.9 Å². The van der Waals surface area contributed by atoms with Gasteiger partial charge in [-0.2, -0.15) is 5.10 Å². The number of hydrogen-bond acceptors (Lipinski definition) is 11. The summed E-state index contributed by atoms with van der Waals surface area (Å²) < 4.78 is 32.0. The molecule has 8 rings (SSSR count). The van der Waals surface area contributed by atoms with Gasteiger partial charge in [0.2, 0.25) is 23.6 Å². The molecular weight excluding hydrogens is 837 g/mol. The Morgan fingerprint density at radius 2 is 1.48 bits per heavy atom. The topological polar surface area (TPSA) is 181 Å². The third-order valence-electron chi connectivity index (χ3n) is 11.9. The maximum absolute atomic E-state index is 13.2. The lowest BCUT2D eigenvalue weighted by atomic mass is 10.0. The second-order valence-electron chi connectivity index (χ2n) is 16.3. The Morgan fingerprint density at radius 3 is 2.14 bits per heavy atom. The van der Waals surface area contributed by atoms with Crippen LogP contribution in [0.15, 0.2) is 84.9 Å². The number of hydrogen-bond donors (Lipinski definition) is 5. The van der Waals surface area contributed by atoms with Crippen molar-refractivity contribution in [2.45, 2.75) is 57.0 Å². The number of aldehydes is 1. The first-order chi connectivity index (χ1) is 31.5. The van der Waals surface area contributed by atoms with E-state index in [9.17, 15) is 32.8 Å². The van der Waals surface area contributed by atoms with Crippen LogP contribution in [0.3, 0.4) is 0 Å². The van der Waals surface area contributed by atoms with E-state index < -0.39 is 17.7 Å². The number of imide groups is 1. The Hall–Kier alpha value is -6.88. The molecule has 1 atom stereocenters. The van der Waals surface area contributed by atoms with Crippen LogP contribution in [0.5, 0.6) is 0 Å². The number of carbonyl (C=O) groups is 5. The highest BCUT2D eigenvalue weighted by Crippen LogP contribution is 2.25. The first-order valence-electron chi connectivity index (χ1n) is 22.0. The zero-order chi connectivity index (χ0) is 45.7. The number of ether oxygens (including phenoxy) is 1. The van der Waals surface area contributed by atoms with E-state index in [1.54, 1.807) is 13.1 Å². The number of piperazine rings is 1. The average Bonchev–Trinajstić information content (AvgIpc) is 3.73. The fourth-order valence-corrected chi connectivity index (χ4v) is 8.29. The first kappa shape index (κ1) is 46.1. The number of anilines is 4. The van der Waals surface area contributed by atoms with Crippen LogP contribution < -0.4 is 26.2 Å². The van der Waals surface area contributed by atoms with Gasteiger partial charge in [0.1, 0.15) is 17.7 Å². The minimum Gasteiger partial charge on any atom is -0.382 e. The van der Waals surface area contributed by atoms with Crippen molar-refractivity contribution in [1.29, 1.82) is 0 Å². The number of benzene rings is 4. The molecular formula is C48H55F2N9O6. The van der Waals surface area contributed by atoms with Crippen LogP contribution in [0.25, 0.3) is 10.9 Å². The summed E-state index contributed by atoms with van der Waals surface area (Å²) in [5.41, 5.74) is 5.83. The quantitative estimate of drug-likeness (QED) is 0.0492. The van der Waals surface area contributed by atoms with E-state index in [0.717, 1.165) is 77.6 Å². The van der Waals surface area contributed by atoms with Crippen LogP contribution in [-0.2, 0) is 30.3 Å². The summed E-state index contributed by atoms with van der Waals surface area (Å²) in [6.07, 6.45) is 4.34. The summed E-state index contributed by atoms with van der Waals surface area (Å²) in [4.78, 5) is 65.9. The van der Waals surface area contributed by atoms with Gasteiger partial charge in [-0.15, -0.1) is 0 Å². The predicted molar refractivity (Wildman–Crippen MR) is 245 cm³/mol. The number of para-hydroxylation sites is 1. The Kier molecular flexibility index (Phi) is 15.7. The molecule has 1 unspecified atom stereocenters. The number of piperidine rings is 2. The number of amides is 4. The Morgan fingerprint density at radius 1 is 0.800 bits per heavy atom. The highest BCUT2D eigenvalue weighted by molar-refractivity contribution is 6.01. The molecule has 3 aliphatic heterocycles. The van der Waals surface area contributed by atoms with Crippen molar-refractivity contribution in [2.24, 2.45) is 0 Å². The summed E-state index contributed by atoms with van der Waals surface area (Å²) in [7, 11) is 1.80. The highest BCUT2D eigenvalue weighted by Gasteiger charge is 2.27. The molecule has 3 aliphatic rings. The molecule has 4 heterocycles. The van der Waals surface area contributed by atoms with Crippen LogP contribution in [0.4, 0.5) is 31.7 Å². The smallest absolute Gasteiger partial charge is 0.249 e. The van der Waals surface area contributed by atoms with Gasteiger partial charge in [-0.05, 0) is 97.5 Å². The van der Waals surface area contributed by atoms with Crippen molar-refractivity contribution in [3.8, 4) is 0 Å². The minimum absolute atomic E-state index is 0.0514. The number of halogens is 2. The van der Waals surface area contributed by atoms with Gasteiger partial charge in [0.25, 0.3) is 0 Å². The fraction of sp³-hybridized carbons (Fsp3) is 0.375. The summed E-state index contributed by atoms with van der Waals surface area (Å²) in [5.74, 6) is -0.772. The Balaban J connectivity index is 0.000000261. The zero-order valence-electron chi connectivity index (χ0n) is 36.4. The second kappa shape index (κ2) is 22.2. The van der Waals surface area contributed by atoms with E-state index >= 15 is 0 Å². The van der Waals surface area contributed by atoms with Crippen LogP contribution in [-0.4, -0.2) is 122 Å². The third-order valence-corrected chi connectivity index (χ3v) is 11.9. The van der Waals surface area contributed by atoms with Crippen molar-refractivity contribution >= 4 is 63.7 Å². The largest absolute Gasteiger partial charge is 0.382 e. The maximum Gasteiger partial charge on any atom is 0.249 e. The molecule has 5 N–H and O–H groups in total. The lowest BCUT2D eigenvalue weighted by molar-refractivity contribution is -0.135. The van der Waals surface area contributed by atoms with E-state index in [1.807, 2.05) is 70.5 Å². The zero-order valence-corrected chi connectivity index (χ0v) is 36.4. The second-order valence-corrected chi connectivity index (χ2v) is 16.3. The van der Waals surface area contributed by atoms with Crippen LogP contribution in [0.1, 0.15) is 60.0 Å². The molecule has 3 saturated heterocycles. The molecule has 0 aliphatic carbocycles. The van der Waals surface area contributed by atoms with Crippen LogP contribution in [0.2, 0.25) is 0 Å². The summed E-state index contributed by atoms with van der Waals surface area (Å²) in [6, 6.07) is 24.4. The van der Waals surface area contributed by atoms with Gasteiger partial charge >= 0.3 is 0 Å². The van der Waals surface area contributed by atoms with E-state index in [-0.39, 0.29) is 42.7 Å². The molecule has 342 valence electrons. The van der Waals surface area contributed by atoms with Crippen molar-refractivity contribution in [2.75, 3.05) is 80.4 Å². The lowest BCUT2D eigenvalue weighted by Gasteiger charge is -2.36. The number of likely N-dealkylation sites (tertiary alicyclic amines) is 1. The van der Waals surface area contributed by atoms with Crippen molar-refractivity contribution in [1.82, 2.24) is 25.3 Å². The Labute approximate surface area is 376 Å². The molecule has 65 heavy (non-hydrogen) atoms. The Bertz CT molecular complexity index is 2430. The molecule has 3 fully saturated rings. The van der Waals surface area contributed by atoms with Gasteiger partial charge in [0.15, 0.2) is 12.1 Å². The number of aromatic nitrogens is 2. The van der Waals surface area contributed by atoms with Gasteiger partial charge in [-0.3, -0.25) is 34.4 Å². The van der Waals surface area contributed by atoms with Crippen molar-refractivity contribution in [3.63, 3.8) is 0 Å². The molecule has 0 radical (unpaired) electrons.